The maximum Gasteiger partial charge on any atom is 0.235 e. The monoisotopic (exact) mass is 264 g/mol. The van der Waals surface area contributed by atoms with E-state index in [1.807, 2.05) is 20.8 Å². The molecule has 0 heterocycles. The summed E-state index contributed by atoms with van der Waals surface area (Å²) < 4.78 is 24.2. The lowest BCUT2D eigenvalue weighted by atomic mass is 10.2. The van der Waals surface area contributed by atoms with E-state index in [1.54, 1.807) is 0 Å². The van der Waals surface area contributed by atoms with Crippen molar-refractivity contribution in [3.05, 3.63) is 0 Å². The fourth-order valence-electron chi connectivity index (χ4n) is 1.28. The third kappa shape index (κ3) is 7.33. The maximum absolute atomic E-state index is 11.6. The van der Waals surface area contributed by atoms with E-state index in [2.05, 4.69) is 5.32 Å². The quantitative estimate of drug-likeness (QED) is 0.710. The molecule has 0 aromatic carbocycles. The summed E-state index contributed by atoms with van der Waals surface area (Å²) in [5.41, 5.74) is 0. The molecule has 6 heteroatoms. The van der Waals surface area contributed by atoms with Crippen molar-refractivity contribution in [2.45, 2.75) is 46.1 Å². The van der Waals surface area contributed by atoms with E-state index < -0.39 is 10.0 Å². The number of hydrogen-bond donors (Lipinski definition) is 1. The normalized spacial score (nSPS) is 13.7. The number of nitrogens with one attached hydrogen (secondary N) is 1. The first kappa shape index (κ1) is 16.4. The first-order valence-electron chi connectivity index (χ1n) is 6.05. The number of amides is 1. The SMILES string of the molecule is CCCCN(CC(=O)NC(C)CC)S(C)(=O)=O. The van der Waals surface area contributed by atoms with E-state index in [-0.39, 0.29) is 18.5 Å². The molecular formula is C11H24N2O3S. The number of carbonyl (C=O) groups is 1. The maximum atomic E-state index is 11.6. The van der Waals surface area contributed by atoms with Crippen LogP contribution in [0.3, 0.4) is 0 Å². The molecule has 1 atom stereocenters. The summed E-state index contributed by atoms with van der Waals surface area (Å²) in [6.07, 6.45) is 3.64. The molecule has 0 aliphatic rings. The fourth-order valence-corrected chi connectivity index (χ4v) is 2.09. The Morgan fingerprint density at radius 1 is 1.35 bits per heavy atom. The standard InChI is InChI=1S/C11H24N2O3S/c1-5-7-8-13(17(4,15)16)9-11(14)12-10(3)6-2/h10H,5-9H2,1-4H3,(H,12,14). The van der Waals surface area contributed by atoms with Gasteiger partial charge in [0, 0.05) is 12.6 Å². The van der Waals surface area contributed by atoms with Gasteiger partial charge in [0.1, 0.15) is 0 Å². The van der Waals surface area contributed by atoms with Crippen LogP contribution in [-0.2, 0) is 14.8 Å². The van der Waals surface area contributed by atoms with Crippen molar-refractivity contribution in [2.75, 3.05) is 19.3 Å². The van der Waals surface area contributed by atoms with Gasteiger partial charge in [0.25, 0.3) is 0 Å². The minimum atomic E-state index is -3.30. The van der Waals surface area contributed by atoms with Crippen LogP contribution >= 0.6 is 0 Å². The van der Waals surface area contributed by atoms with Crippen molar-refractivity contribution in [2.24, 2.45) is 0 Å². The van der Waals surface area contributed by atoms with Gasteiger partial charge < -0.3 is 5.32 Å². The minimum absolute atomic E-state index is 0.0788. The number of rotatable bonds is 8. The molecule has 0 aromatic heterocycles. The molecule has 0 rings (SSSR count). The first-order valence-corrected chi connectivity index (χ1v) is 7.90. The zero-order valence-electron chi connectivity index (χ0n) is 11.2. The lowest BCUT2D eigenvalue weighted by Gasteiger charge is -2.20. The Bertz CT molecular complexity index is 328. The van der Waals surface area contributed by atoms with Crippen molar-refractivity contribution in [1.82, 2.24) is 9.62 Å². The average Bonchev–Trinajstić information content (AvgIpc) is 2.22. The molecule has 1 N–H and O–H groups in total. The molecule has 0 aliphatic heterocycles. The van der Waals surface area contributed by atoms with Gasteiger partial charge in [-0.1, -0.05) is 20.3 Å². The summed E-state index contributed by atoms with van der Waals surface area (Å²) in [5.74, 6) is -0.235. The van der Waals surface area contributed by atoms with Crippen molar-refractivity contribution in [1.29, 1.82) is 0 Å². The van der Waals surface area contributed by atoms with Crippen molar-refractivity contribution >= 4 is 15.9 Å². The van der Waals surface area contributed by atoms with Crippen molar-refractivity contribution in [3.8, 4) is 0 Å². The van der Waals surface area contributed by atoms with Gasteiger partial charge >= 0.3 is 0 Å². The van der Waals surface area contributed by atoms with Crippen LogP contribution < -0.4 is 5.32 Å². The van der Waals surface area contributed by atoms with Crippen LogP contribution in [0.25, 0.3) is 0 Å². The zero-order chi connectivity index (χ0) is 13.5. The predicted octanol–water partition coefficient (Wildman–Crippen LogP) is 0.963. The largest absolute Gasteiger partial charge is 0.353 e. The van der Waals surface area contributed by atoms with Gasteiger partial charge in [-0.15, -0.1) is 0 Å². The number of sulfonamides is 1. The van der Waals surface area contributed by atoms with Crippen LogP contribution in [0.15, 0.2) is 0 Å². The Labute approximate surface area is 105 Å². The molecule has 5 nitrogen and oxygen atoms in total. The van der Waals surface area contributed by atoms with Gasteiger partial charge in [0.05, 0.1) is 12.8 Å². The van der Waals surface area contributed by atoms with Crippen LogP contribution in [0.5, 0.6) is 0 Å². The second kappa shape index (κ2) is 7.66. The van der Waals surface area contributed by atoms with E-state index in [0.717, 1.165) is 25.5 Å². The van der Waals surface area contributed by atoms with E-state index >= 15 is 0 Å². The van der Waals surface area contributed by atoms with Crippen LogP contribution in [-0.4, -0.2) is 44.0 Å². The molecule has 102 valence electrons. The van der Waals surface area contributed by atoms with E-state index in [1.165, 1.54) is 4.31 Å². The second-order valence-corrected chi connectivity index (χ2v) is 6.31. The highest BCUT2D eigenvalue weighted by Crippen LogP contribution is 2.01. The van der Waals surface area contributed by atoms with Crippen LogP contribution in [0.1, 0.15) is 40.0 Å². The molecule has 0 aliphatic carbocycles. The molecule has 0 aromatic rings. The van der Waals surface area contributed by atoms with Gasteiger partial charge in [-0.25, -0.2) is 8.42 Å². The van der Waals surface area contributed by atoms with Gasteiger partial charge in [0.2, 0.25) is 15.9 Å². The summed E-state index contributed by atoms with van der Waals surface area (Å²) >= 11 is 0. The number of nitrogens with zero attached hydrogens (tertiary/aromatic N) is 1. The highest BCUT2D eigenvalue weighted by atomic mass is 32.2. The molecule has 1 amide bonds. The summed E-state index contributed by atoms with van der Waals surface area (Å²) in [6.45, 7) is 6.18. The molecule has 17 heavy (non-hydrogen) atoms. The van der Waals surface area contributed by atoms with Crippen LogP contribution in [0.2, 0.25) is 0 Å². The van der Waals surface area contributed by atoms with E-state index in [9.17, 15) is 13.2 Å². The summed E-state index contributed by atoms with van der Waals surface area (Å²) in [7, 11) is -3.30. The van der Waals surface area contributed by atoms with Crippen LogP contribution in [0.4, 0.5) is 0 Å². The lowest BCUT2D eigenvalue weighted by molar-refractivity contribution is -0.121. The second-order valence-electron chi connectivity index (χ2n) is 4.33. The Balaban J connectivity index is 4.39. The Morgan fingerprint density at radius 2 is 1.94 bits per heavy atom. The molecule has 0 spiro atoms. The smallest absolute Gasteiger partial charge is 0.235 e. The molecule has 0 saturated heterocycles. The molecule has 1 unspecified atom stereocenters. The van der Waals surface area contributed by atoms with Gasteiger partial charge in [-0.05, 0) is 19.8 Å². The predicted molar refractivity (Wildman–Crippen MR) is 69.2 cm³/mol. The Hall–Kier alpha value is -0.620. The Morgan fingerprint density at radius 3 is 2.35 bits per heavy atom. The summed E-state index contributed by atoms with van der Waals surface area (Å²) in [4.78, 5) is 11.6. The molecule has 0 bridgehead atoms. The molecular weight excluding hydrogens is 240 g/mol. The number of hydrogen-bond acceptors (Lipinski definition) is 3. The Kier molecular flexibility index (Phi) is 7.38. The van der Waals surface area contributed by atoms with Gasteiger partial charge in [-0.2, -0.15) is 4.31 Å². The fraction of sp³-hybridized carbons (Fsp3) is 0.909. The third-order valence-corrected chi connectivity index (χ3v) is 3.82. The van der Waals surface area contributed by atoms with Crippen LogP contribution in [0, 0.1) is 0 Å². The highest BCUT2D eigenvalue weighted by molar-refractivity contribution is 7.88. The van der Waals surface area contributed by atoms with Gasteiger partial charge in [-0.3, -0.25) is 4.79 Å². The van der Waals surface area contributed by atoms with E-state index in [4.69, 9.17) is 0 Å². The zero-order valence-corrected chi connectivity index (χ0v) is 12.0. The minimum Gasteiger partial charge on any atom is -0.353 e. The third-order valence-electron chi connectivity index (χ3n) is 2.57. The highest BCUT2D eigenvalue weighted by Gasteiger charge is 2.19. The average molecular weight is 264 g/mol. The topological polar surface area (TPSA) is 66.5 Å². The number of unbranched alkanes of at least 4 members (excludes halogenated alkanes) is 1. The molecule has 0 saturated carbocycles. The summed E-state index contributed by atoms with van der Waals surface area (Å²) in [6, 6.07) is 0.0788. The molecule has 0 radical (unpaired) electrons. The van der Waals surface area contributed by atoms with E-state index in [0.29, 0.717) is 6.54 Å². The summed E-state index contributed by atoms with van der Waals surface area (Å²) in [5, 5.41) is 2.76. The van der Waals surface area contributed by atoms with Gasteiger partial charge in [0.15, 0.2) is 0 Å². The first-order chi connectivity index (χ1) is 7.81. The molecule has 0 fully saturated rings. The van der Waals surface area contributed by atoms with Crippen molar-refractivity contribution in [3.63, 3.8) is 0 Å². The number of carbonyl (C=O) groups excluding carboxylic acids is 1. The van der Waals surface area contributed by atoms with Crippen molar-refractivity contribution < 1.29 is 13.2 Å². The lowest BCUT2D eigenvalue weighted by Crippen LogP contribution is -2.43.